The fourth-order valence-corrected chi connectivity index (χ4v) is 2.26. The SMILES string of the molecule is O=[N+]([O-])c1cnc2ccc(NCc3nnc4ccccn34)nn12. The molecule has 10 nitrogen and oxygen atoms in total. The molecule has 4 aromatic rings. The van der Waals surface area contributed by atoms with Crippen molar-refractivity contribution in [2.45, 2.75) is 6.54 Å². The zero-order valence-electron chi connectivity index (χ0n) is 11.7. The van der Waals surface area contributed by atoms with E-state index in [9.17, 15) is 10.1 Å². The average Bonchev–Trinajstić information content (AvgIpc) is 3.16. The number of hydrogen-bond donors (Lipinski definition) is 1. The molecular formula is C13H10N8O2. The summed E-state index contributed by atoms with van der Waals surface area (Å²) in [6.07, 6.45) is 3.04. The molecule has 0 aliphatic carbocycles. The summed E-state index contributed by atoms with van der Waals surface area (Å²) in [7, 11) is 0. The number of rotatable bonds is 4. The average molecular weight is 310 g/mol. The number of hydrogen-bond acceptors (Lipinski definition) is 7. The fraction of sp³-hybridized carbons (Fsp3) is 0.0769. The van der Waals surface area contributed by atoms with Crippen LogP contribution in [-0.2, 0) is 6.54 Å². The third-order valence-corrected chi connectivity index (χ3v) is 3.34. The molecule has 0 radical (unpaired) electrons. The summed E-state index contributed by atoms with van der Waals surface area (Å²) in [5.41, 5.74) is 1.16. The lowest BCUT2D eigenvalue weighted by Crippen LogP contribution is -2.07. The quantitative estimate of drug-likeness (QED) is 0.446. The maximum Gasteiger partial charge on any atom is 0.368 e. The molecule has 4 heterocycles. The molecule has 0 aliphatic heterocycles. The Morgan fingerprint density at radius 1 is 1.17 bits per heavy atom. The first-order chi connectivity index (χ1) is 11.2. The van der Waals surface area contributed by atoms with Gasteiger partial charge < -0.3 is 15.4 Å². The Labute approximate surface area is 128 Å². The summed E-state index contributed by atoms with van der Waals surface area (Å²) in [6.45, 7) is 0.381. The van der Waals surface area contributed by atoms with Crippen LogP contribution < -0.4 is 5.32 Å². The highest BCUT2D eigenvalue weighted by Crippen LogP contribution is 2.15. The van der Waals surface area contributed by atoms with Crippen molar-refractivity contribution in [1.29, 1.82) is 0 Å². The predicted octanol–water partition coefficient (Wildman–Crippen LogP) is 1.29. The Balaban J connectivity index is 1.62. The number of anilines is 1. The Kier molecular flexibility index (Phi) is 2.86. The molecule has 0 amide bonds. The first-order valence-electron chi connectivity index (χ1n) is 6.74. The molecule has 0 fully saturated rings. The van der Waals surface area contributed by atoms with E-state index < -0.39 is 4.92 Å². The normalized spacial score (nSPS) is 11.1. The maximum atomic E-state index is 10.9. The molecule has 0 unspecified atom stereocenters. The van der Waals surface area contributed by atoms with E-state index in [4.69, 9.17) is 0 Å². The Morgan fingerprint density at radius 2 is 2.09 bits per heavy atom. The van der Waals surface area contributed by atoms with Gasteiger partial charge in [-0.05, 0) is 23.1 Å². The van der Waals surface area contributed by atoms with Crippen molar-refractivity contribution in [3.8, 4) is 0 Å². The van der Waals surface area contributed by atoms with Crippen molar-refractivity contribution >= 4 is 22.9 Å². The molecule has 0 saturated carbocycles. The van der Waals surface area contributed by atoms with Crippen molar-refractivity contribution < 1.29 is 4.92 Å². The Morgan fingerprint density at radius 3 is 2.96 bits per heavy atom. The highest BCUT2D eigenvalue weighted by atomic mass is 16.6. The first-order valence-corrected chi connectivity index (χ1v) is 6.74. The highest BCUT2D eigenvalue weighted by Gasteiger charge is 2.16. The third kappa shape index (κ3) is 2.21. The smallest absolute Gasteiger partial charge is 0.360 e. The lowest BCUT2D eigenvalue weighted by Gasteiger charge is -2.03. The summed E-state index contributed by atoms with van der Waals surface area (Å²) < 4.78 is 3.04. The van der Waals surface area contributed by atoms with Crippen LogP contribution >= 0.6 is 0 Å². The summed E-state index contributed by atoms with van der Waals surface area (Å²) in [5.74, 6) is 1.01. The van der Waals surface area contributed by atoms with Gasteiger partial charge in [0, 0.05) is 12.3 Å². The number of nitrogens with zero attached hydrogens (tertiary/aromatic N) is 7. The monoisotopic (exact) mass is 310 g/mol. The van der Waals surface area contributed by atoms with Gasteiger partial charge in [0.05, 0.1) is 6.54 Å². The van der Waals surface area contributed by atoms with Crippen molar-refractivity contribution in [2.75, 3.05) is 5.32 Å². The van der Waals surface area contributed by atoms with Crippen LogP contribution in [0.3, 0.4) is 0 Å². The highest BCUT2D eigenvalue weighted by molar-refractivity contribution is 5.48. The van der Waals surface area contributed by atoms with Crippen LogP contribution in [0.1, 0.15) is 5.82 Å². The number of pyridine rings is 1. The van der Waals surface area contributed by atoms with Crippen LogP contribution in [0.4, 0.5) is 11.6 Å². The molecule has 0 aromatic carbocycles. The molecule has 4 aromatic heterocycles. The van der Waals surface area contributed by atoms with E-state index in [1.54, 1.807) is 12.1 Å². The van der Waals surface area contributed by atoms with Gasteiger partial charge in [0.25, 0.3) is 0 Å². The standard InChI is InChI=1S/C13H10N8O2/c22-21(23)13-8-15-10-5-4-9(18-20(10)13)14-7-12-17-16-11-3-1-2-6-19(11)12/h1-6,8H,7H2,(H,14,18). The van der Waals surface area contributed by atoms with Crippen LogP contribution in [0.15, 0.2) is 42.7 Å². The van der Waals surface area contributed by atoms with Gasteiger partial charge in [-0.25, -0.2) is 4.98 Å². The largest absolute Gasteiger partial charge is 0.368 e. The molecule has 1 N–H and O–H groups in total. The lowest BCUT2D eigenvalue weighted by molar-refractivity contribution is -0.391. The van der Waals surface area contributed by atoms with Crippen molar-refractivity contribution in [3.63, 3.8) is 0 Å². The summed E-state index contributed by atoms with van der Waals surface area (Å²) in [6, 6.07) is 8.99. The number of nitrogens with one attached hydrogen (secondary N) is 1. The second-order valence-electron chi connectivity index (χ2n) is 4.76. The molecule has 0 saturated heterocycles. The van der Waals surface area contributed by atoms with Gasteiger partial charge in [-0.3, -0.25) is 4.40 Å². The van der Waals surface area contributed by atoms with Gasteiger partial charge in [-0.15, -0.1) is 10.2 Å². The van der Waals surface area contributed by atoms with Crippen LogP contribution in [0.2, 0.25) is 0 Å². The molecule has 10 heteroatoms. The van der Waals surface area contributed by atoms with Gasteiger partial charge in [-0.2, -0.15) is 0 Å². The van der Waals surface area contributed by atoms with E-state index in [1.165, 1.54) is 10.7 Å². The number of fused-ring (bicyclic) bond motifs is 2. The van der Waals surface area contributed by atoms with Gasteiger partial charge >= 0.3 is 5.82 Å². The minimum Gasteiger partial charge on any atom is -0.360 e. The summed E-state index contributed by atoms with van der Waals surface area (Å²) in [5, 5.41) is 26.4. The van der Waals surface area contributed by atoms with E-state index in [2.05, 4.69) is 25.6 Å². The van der Waals surface area contributed by atoms with Crippen LogP contribution in [0.5, 0.6) is 0 Å². The molecule has 0 aliphatic rings. The predicted molar refractivity (Wildman–Crippen MR) is 80.0 cm³/mol. The second-order valence-corrected chi connectivity index (χ2v) is 4.76. The Hall–Kier alpha value is -3.56. The van der Waals surface area contributed by atoms with Gasteiger partial charge in [-0.1, -0.05) is 15.7 Å². The molecule has 4 rings (SSSR count). The zero-order chi connectivity index (χ0) is 15.8. The lowest BCUT2D eigenvalue weighted by atomic mass is 10.4. The minimum atomic E-state index is -0.525. The third-order valence-electron chi connectivity index (χ3n) is 3.34. The molecular weight excluding hydrogens is 300 g/mol. The molecule has 0 bridgehead atoms. The maximum absolute atomic E-state index is 10.9. The van der Waals surface area contributed by atoms with E-state index >= 15 is 0 Å². The van der Waals surface area contributed by atoms with Crippen molar-refractivity contribution in [1.82, 2.24) is 29.2 Å². The topological polar surface area (TPSA) is 116 Å². The van der Waals surface area contributed by atoms with Crippen LogP contribution in [0.25, 0.3) is 11.3 Å². The first kappa shape index (κ1) is 13.1. The van der Waals surface area contributed by atoms with Crippen LogP contribution in [0, 0.1) is 10.1 Å². The minimum absolute atomic E-state index is 0.184. The summed E-state index contributed by atoms with van der Waals surface area (Å²) in [4.78, 5) is 14.4. The molecule has 114 valence electrons. The van der Waals surface area contributed by atoms with E-state index in [0.717, 1.165) is 5.65 Å². The summed E-state index contributed by atoms with van der Waals surface area (Å²) >= 11 is 0. The molecule has 0 atom stereocenters. The number of aromatic nitrogens is 6. The van der Waals surface area contributed by atoms with E-state index in [1.807, 2.05) is 28.8 Å². The zero-order valence-corrected chi connectivity index (χ0v) is 11.7. The van der Waals surface area contributed by atoms with E-state index in [0.29, 0.717) is 23.8 Å². The molecule has 23 heavy (non-hydrogen) atoms. The van der Waals surface area contributed by atoms with Crippen molar-refractivity contribution in [2.24, 2.45) is 0 Å². The van der Waals surface area contributed by atoms with Crippen LogP contribution in [-0.4, -0.2) is 34.1 Å². The number of imidazole rings is 1. The van der Waals surface area contributed by atoms with E-state index in [-0.39, 0.29) is 5.82 Å². The van der Waals surface area contributed by atoms with Gasteiger partial charge in [0.15, 0.2) is 17.3 Å². The Bertz CT molecular complexity index is 1020. The second kappa shape index (κ2) is 5.02. The number of nitro groups is 1. The van der Waals surface area contributed by atoms with Gasteiger partial charge in [0.2, 0.25) is 5.65 Å². The molecule has 0 spiro atoms. The fourth-order valence-electron chi connectivity index (χ4n) is 2.26. The van der Waals surface area contributed by atoms with Gasteiger partial charge in [0.1, 0.15) is 6.20 Å². The van der Waals surface area contributed by atoms with Crippen molar-refractivity contribution in [3.05, 3.63) is 58.7 Å².